The Labute approximate surface area is 146 Å². The van der Waals surface area contributed by atoms with Crippen molar-refractivity contribution >= 4 is 22.9 Å². The third kappa shape index (κ3) is 4.17. The minimum absolute atomic E-state index is 0.152. The zero-order chi connectivity index (χ0) is 18.0. The number of fused-ring (bicyclic) bond motifs is 1. The fraction of sp³-hybridized carbons (Fsp3) is 0.375. The number of carbonyl (C=O) groups is 1. The fourth-order valence-electron chi connectivity index (χ4n) is 2.84. The van der Waals surface area contributed by atoms with Crippen LogP contribution in [-0.4, -0.2) is 35.6 Å². The average Bonchev–Trinajstić information content (AvgIpc) is 3.12. The Bertz CT molecular complexity index is 776. The second-order valence-electron chi connectivity index (χ2n) is 5.72. The van der Waals surface area contributed by atoms with Crippen molar-refractivity contribution < 1.29 is 22.7 Å². The van der Waals surface area contributed by atoms with Crippen LogP contribution >= 0.6 is 11.3 Å². The van der Waals surface area contributed by atoms with Gasteiger partial charge >= 0.3 is 6.18 Å². The Morgan fingerprint density at radius 3 is 2.92 bits per heavy atom. The molecular weight excluding hydrogens is 355 g/mol. The first-order valence-corrected chi connectivity index (χ1v) is 8.38. The van der Waals surface area contributed by atoms with Crippen molar-refractivity contribution in [2.45, 2.75) is 25.9 Å². The number of amides is 1. The number of nitrogens with one attached hydrogen (secondary N) is 1. The normalized spacial score (nSPS) is 14.6. The predicted octanol–water partition coefficient (Wildman–Crippen LogP) is 3.42. The molecule has 1 aliphatic rings. The number of anilines is 1. The maximum atomic E-state index is 12.6. The Morgan fingerprint density at radius 2 is 2.20 bits per heavy atom. The van der Waals surface area contributed by atoms with Gasteiger partial charge in [-0.05, 0) is 17.2 Å². The summed E-state index contributed by atoms with van der Waals surface area (Å²) in [6.45, 7) is -0.382. The molecular formula is C16H16F3N3O2S. The lowest BCUT2D eigenvalue weighted by molar-refractivity contribution is -0.146. The molecule has 0 spiro atoms. The molecule has 25 heavy (non-hydrogen) atoms. The second-order valence-corrected chi connectivity index (χ2v) is 6.57. The van der Waals surface area contributed by atoms with Crippen LogP contribution in [0.3, 0.4) is 0 Å². The summed E-state index contributed by atoms with van der Waals surface area (Å²) in [7, 11) is 1.51. The first-order valence-electron chi connectivity index (χ1n) is 7.50. The molecule has 0 unspecified atom stereocenters. The van der Waals surface area contributed by atoms with Gasteiger partial charge in [0.1, 0.15) is 4.88 Å². The van der Waals surface area contributed by atoms with Gasteiger partial charge in [0.25, 0.3) is 5.91 Å². The second kappa shape index (κ2) is 7.11. The van der Waals surface area contributed by atoms with Crippen LogP contribution in [0.1, 0.15) is 26.5 Å². The number of ether oxygens (including phenoxy) is 1. The van der Waals surface area contributed by atoms with Crippen molar-refractivity contribution in [3.8, 4) is 0 Å². The van der Waals surface area contributed by atoms with Crippen molar-refractivity contribution in [2.24, 2.45) is 0 Å². The van der Waals surface area contributed by atoms with E-state index in [4.69, 9.17) is 4.74 Å². The number of hydrogen-bond donors (Lipinski definition) is 1. The van der Waals surface area contributed by atoms with Gasteiger partial charge in [-0.15, -0.1) is 11.3 Å². The van der Waals surface area contributed by atoms with Crippen LogP contribution in [0.2, 0.25) is 0 Å². The van der Waals surface area contributed by atoms with E-state index in [2.05, 4.69) is 10.3 Å². The molecule has 0 radical (unpaired) electrons. The highest BCUT2D eigenvalue weighted by atomic mass is 32.1. The summed E-state index contributed by atoms with van der Waals surface area (Å²) in [5, 5.41) is 2.79. The number of alkyl halides is 3. The van der Waals surface area contributed by atoms with Crippen LogP contribution < -0.4 is 5.32 Å². The van der Waals surface area contributed by atoms with Gasteiger partial charge in [-0.3, -0.25) is 9.69 Å². The van der Waals surface area contributed by atoms with E-state index in [1.54, 1.807) is 23.7 Å². The van der Waals surface area contributed by atoms with E-state index < -0.39 is 12.7 Å². The average molecular weight is 371 g/mol. The van der Waals surface area contributed by atoms with E-state index in [-0.39, 0.29) is 25.6 Å². The van der Waals surface area contributed by atoms with Gasteiger partial charge in [-0.1, -0.05) is 12.1 Å². The molecule has 0 saturated carbocycles. The predicted molar refractivity (Wildman–Crippen MR) is 87.4 cm³/mol. The van der Waals surface area contributed by atoms with E-state index in [0.29, 0.717) is 16.3 Å². The molecule has 0 aliphatic carbocycles. The quantitative estimate of drug-likeness (QED) is 0.875. The summed E-state index contributed by atoms with van der Waals surface area (Å²) in [4.78, 5) is 18.3. The van der Waals surface area contributed by atoms with Crippen LogP contribution in [-0.2, 0) is 24.4 Å². The van der Waals surface area contributed by atoms with E-state index in [0.717, 1.165) is 11.1 Å². The first kappa shape index (κ1) is 17.8. The van der Waals surface area contributed by atoms with Crippen molar-refractivity contribution in [1.29, 1.82) is 0 Å². The Hall–Kier alpha value is -1.97. The third-order valence-corrected chi connectivity index (χ3v) is 4.70. The van der Waals surface area contributed by atoms with Gasteiger partial charge in [-0.25, -0.2) is 4.98 Å². The minimum Gasteiger partial charge on any atom is -0.378 e. The Kier molecular flexibility index (Phi) is 5.07. The van der Waals surface area contributed by atoms with Gasteiger partial charge in [0.2, 0.25) is 0 Å². The molecule has 0 fully saturated rings. The molecule has 0 saturated heterocycles. The fourth-order valence-corrected chi connectivity index (χ4v) is 3.54. The van der Waals surface area contributed by atoms with E-state index in [1.807, 2.05) is 0 Å². The number of thiazole rings is 1. The largest absolute Gasteiger partial charge is 0.401 e. The molecule has 134 valence electrons. The SMILES string of the molecule is COCc1ncsc1C(=O)Nc1cccc2c1CN(CC(F)(F)F)C2. The van der Waals surface area contributed by atoms with Crippen LogP contribution in [0.25, 0.3) is 0 Å². The van der Waals surface area contributed by atoms with Gasteiger partial charge in [0.15, 0.2) is 0 Å². The molecule has 1 aromatic carbocycles. The highest BCUT2D eigenvalue weighted by molar-refractivity contribution is 7.12. The zero-order valence-electron chi connectivity index (χ0n) is 13.4. The van der Waals surface area contributed by atoms with Crippen molar-refractivity contribution in [3.63, 3.8) is 0 Å². The van der Waals surface area contributed by atoms with Crippen LogP contribution in [0.4, 0.5) is 18.9 Å². The number of halogens is 3. The minimum atomic E-state index is -4.25. The number of nitrogens with zero attached hydrogens (tertiary/aromatic N) is 2. The highest BCUT2D eigenvalue weighted by Crippen LogP contribution is 2.32. The van der Waals surface area contributed by atoms with E-state index in [1.165, 1.54) is 23.3 Å². The van der Waals surface area contributed by atoms with E-state index in [9.17, 15) is 18.0 Å². The monoisotopic (exact) mass is 371 g/mol. The van der Waals surface area contributed by atoms with Gasteiger partial charge in [0, 0.05) is 25.9 Å². The maximum Gasteiger partial charge on any atom is 0.401 e. The molecule has 1 aromatic heterocycles. The molecule has 0 atom stereocenters. The van der Waals surface area contributed by atoms with Crippen LogP contribution in [0.5, 0.6) is 0 Å². The molecule has 9 heteroatoms. The topological polar surface area (TPSA) is 54.5 Å². The molecule has 1 amide bonds. The van der Waals surface area contributed by atoms with E-state index >= 15 is 0 Å². The lowest BCUT2D eigenvalue weighted by atomic mass is 10.1. The van der Waals surface area contributed by atoms with Crippen molar-refractivity contribution in [1.82, 2.24) is 9.88 Å². The lowest BCUT2D eigenvalue weighted by Gasteiger charge is -2.17. The molecule has 2 aromatic rings. The summed E-state index contributed by atoms with van der Waals surface area (Å²) in [6.07, 6.45) is -4.25. The number of hydrogen-bond acceptors (Lipinski definition) is 5. The summed E-state index contributed by atoms with van der Waals surface area (Å²) in [6, 6.07) is 5.21. The van der Waals surface area contributed by atoms with Crippen LogP contribution in [0.15, 0.2) is 23.7 Å². The first-order chi connectivity index (χ1) is 11.9. The third-order valence-electron chi connectivity index (χ3n) is 3.83. The smallest absolute Gasteiger partial charge is 0.378 e. The number of carbonyl (C=O) groups excluding carboxylic acids is 1. The molecule has 1 N–H and O–H groups in total. The van der Waals surface area contributed by atoms with Gasteiger partial charge < -0.3 is 10.1 Å². The molecule has 0 bridgehead atoms. The summed E-state index contributed by atoms with van der Waals surface area (Å²) in [5.41, 5.74) is 4.14. The molecule has 2 heterocycles. The number of benzene rings is 1. The standard InChI is InChI=1S/C16H16F3N3O2S/c1-24-7-13-14(25-9-20-13)15(23)21-12-4-2-3-10-5-22(6-11(10)12)8-16(17,18)19/h2-4,9H,5-8H2,1H3,(H,21,23). The summed E-state index contributed by atoms with van der Waals surface area (Å²) >= 11 is 1.20. The highest BCUT2D eigenvalue weighted by Gasteiger charge is 2.34. The molecule has 5 nitrogen and oxygen atoms in total. The summed E-state index contributed by atoms with van der Waals surface area (Å²) < 4.78 is 42.9. The van der Waals surface area contributed by atoms with Gasteiger partial charge in [-0.2, -0.15) is 13.2 Å². The van der Waals surface area contributed by atoms with Crippen molar-refractivity contribution in [3.05, 3.63) is 45.4 Å². The number of methoxy groups -OCH3 is 1. The Balaban J connectivity index is 1.76. The lowest BCUT2D eigenvalue weighted by Crippen LogP contribution is -2.30. The summed E-state index contributed by atoms with van der Waals surface area (Å²) in [5.74, 6) is -0.336. The number of aromatic nitrogens is 1. The van der Waals surface area contributed by atoms with Gasteiger partial charge in [0.05, 0.1) is 24.4 Å². The maximum absolute atomic E-state index is 12.6. The number of rotatable bonds is 5. The molecule has 3 rings (SSSR count). The van der Waals surface area contributed by atoms with Crippen molar-refractivity contribution in [2.75, 3.05) is 19.0 Å². The Morgan fingerprint density at radius 1 is 1.40 bits per heavy atom. The van der Waals surface area contributed by atoms with Crippen LogP contribution in [0, 0.1) is 0 Å². The zero-order valence-corrected chi connectivity index (χ0v) is 14.2. The molecule has 1 aliphatic heterocycles.